The number of rotatable bonds is 3. The van der Waals surface area contributed by atoms with Crippen LogP contribution in [0.1, 0.15) is 31.8 Å². The number of nitrogens with one attached hydrogen (secondary N) is 1. The van der Waals surface area contributed by atoms with Gasteiger partial charge < -0.3 is 19.9 Å². The van der Waals surface area contributed by atoms with Gasteiger partial charge in [-0.05, 0) is 73.5 Å². The average Bonchev–Trinajstić information content (AvgIpc) is 3.03. The van der Waals surface area contributed by atoms with E-state index in [0.29, 0.717) is 31.7 Å². The van der Waals surface area contributed by atoms with Gasteiger partial charge in [-0.3, -0.25) is 9.59 Å². The Kier molecular flexibility index (Phi) is 7.34. The van der Waals surface area contributed by atoms with Crippen molar-refractivity contribution in [2.75, 3.05) is 46.4 Å². The molecular weight excluding hydrogens is 402 g/mol. The first-order valence-corrected chi connectivity index (χ1v) is 10.2. The largest absolute Gasteiger partial charge is 0.497 e. The molecule has 0 aromatic heterocycles. The summed E-state index contributed by atoms with van der Waals surface area (Å²) in [6.07, 6.45) is 1.97. The number of piperazine rings is 1. The molecule has 0 aliphatic carbocycles. The quantitative estimate of drug-likeness (QED) is 0.813. The zero-order valence-electron chi connectivity index (χ0n) is 17.2. The minimum atomic E-state index is -0.00252. The molecule has 1 N–H and O–H groups in total. The van der Waals surface area contributed by atoms with Gasteiger partial charge in [-0.1, -0.05) is 6.07 Å². The predicted molar refractivity (Wildman–Crippen MR) is 119 cm³/mol. The third-order valence-electron chi connectivity index (χ3n) is 5.79. The third kappa shape index (κ3) is 4.77. The highest BCUT2D eigenvalue weighted by Crippen LogP contribution is 2.19. The smallest absolute Gasteiger partial charge is 0.253 e. The number of ether oxygens (including phenoxy) is 1. The number of carbonyl (C=O) groups is 2. The second-order valence-electron chi connectivity index (χ2n) is 7.55. The Hall–Kier alpha value is -2.57. The fraction of sp³-hybridized carbons (Fsp3) is 0.391. The Morgan fingerprint density at radius 1 is 0.800 bits per heavy atom. The molecule has 2 amide bonds. The van der Waals surface area contributed by atoms with E-state index in [1.807, 2.05) is 15.9 Å². The number of hydrogen-bond donors (Lipinski definition) is 1. The molecule has 30 heavy (non-hydrogen) atoms. The van der Waals surface area contributed by atoms with Crippen molar-refractivity contribution in [2.24, 2.45) is 0 Å². The van der Waals surface area contributed by atoms with Crippen LogP contribution in [0.4, 0.5) is 0 Å². The fourth-order valence-electron chi connectivity index (χ4n) is 4.02. The molecule has 0 unspecified atom stereocenters. The Labute approximate surface area is 183 Å². The minimum absolute atomic E-state index is 0. The molecule has 1 fully saturated rings. The highest BCUT2D eigenvalue weighted by molar-refractivity contribution is 5.96. The van der Waals surface area contributed by atoms with Crippen molar-refractivity contribution in [3.05, 3.63) is 64.7 Å². The molecule has 0 atom stereocenters. The number of carbonyl (C=O) groups excluding carboxylic acids is 2. The monoisotopic (exact) mass is 429 g/mol. The van der Waals surface area contributed by atoms with E-state index in [4.69, 9.17) is 4.74 Å². The van der Waals surface area contributed by atoms with Crippen LogP contribution in [0.15, 0.2) is 42.5 Å². The molecule has 1 saturated heterocycles. The first kappa shape index (κ1) is 22.1. The Morgan fingerprint density at radius 2 is 1.33 bits per heavy atom. The van der Waals surface area contributed by atoms with Gasteiger partial charge in [-0.15, -0.1) is 12.4 Å². The van der Waals surface area contributed by atoms with Crippen LogP contribution in [0.5, 0.6) is 5.75 Å². The Morgan fingerprint density at radius 3 is 1.93 bits per heavy atom. The maximum absolute atomic E-state index is 13.0. The number of fused-ring (bicyclic) bond motifs is 1. The van der Waals surface area contributed by atoms with E-state index in [0.717, 1.165) is 37.2 Å². The van der Waals surface area contributed by atoms with Crippen molar-refractivity contribution >= 4 is 24.2 Å². The van der Waals surface area contributed by atoms with Crippen molar-refractivity contribution in [1.29, 1.82) is 0 Å². The molecule has 7 heteroatoms. The normalized spacial score (nSPS) is 16.2. The summed E-state index contributed by atoms with van der Waals surface area (Å²) in [5.41, 5.74) is 4.00. The van der Waals surface area contributed by atoms with Crippen LogP contribution in [0.2, 0.25) is 0 Å². The first-order chi connectivity index (χ1) is 14.2. The molecule has 2 aromatic carbocycles. The summed E-state index contributed by atoms with van der Waals surface area (Å²) >= 11 is 0. The molecule has 160 valence electrons. The van der Waals surface area contributed by atoms with E-state index in [9.17, 15) is 9.59 Å². The van der Waals surface area contributed by atoms with Crippen LogP contribution >= 0.6 is 12.4 Å². The lowest BCUT2D eigenvalue weighted by molar-refractivity contribution is 0.0535. The predicted octanol–water partition coefficient (Wildman–Crippen LogP) is 2.40. The van der Waals surface area contributed by atoms with Crippen LogP contribution in [0.25, 0.3) is 0 Å². The zero-order valence-corrected chi connectivity index (χ0v) is 18.0. The SMILES string of the molecule is COc1ccc(C(=O)N2CCN(C(=O)c3ccc4c(c3)CCNCC4)CC2)cc1.Cl. The maximum Gasteiger partial charge on any atom is 0.253 e. The van der Waals surface area contributed by atoms with Gasteiger partial charge in [0, 0.05) is 37.3 Å². The second kappa shape index (κ2) is 9.96. The molecule has 0 bridgehead atoms. The highest BCUT2D eigenvalue weighted by Gasteiger charge is 2.26. The van der Waals surface area contributed by atoms with Crippen LogP contribution in [0, 0.1) is 0 Å². The van der Waals surface area contributed by atoms with Gasteiger partial charge in [-0.25, -0.2) is 0 Å². The molecule has 0 radical (unpaired) electrons. The third-order valence-corrected chi connectivity index (χ3v) is 5.79. The van der Waals surface area contributed by atoms with Gasteiger partial charge in [0.1, 0.15) is 5.75 Å². The lowest BCUT2D eigenvalue weighted by Crippen LogP contribution is -2.50. The number of halogens is 1. The van der Waals surface area contributed by atoms with E-state index in [1.54, 1.807) is 31.4 Å². The van der Waals surface area contributed by atoms with Crippen LogP contribution in [-0.2, 0) is 12.8 Å². The van der Waals surface area contributed by atoms with Gasteiger partial charge in [-0.2, -0.15) is 0 Å². The lowest BCUT2D eigenvalue weighted by atomic mass is 9.99. The van der Waals surface area contributed by atoms with Crippen molar-refractivity contribution in [1.82, 2.24) is 15.1 Å². The standard InChI is InChI=1S/C23H27N3O3.ClH/c1-29-21-6-4-18(5-7-21)22(27)25-12-14-26(15-13-25)23(28)20-3-2-17-8-10-24-11-9-19(17)16-20;/h2-7,16,24H,8-15H2,1H3;1H. The number of benzene rings is 2. The molecule has 4 rings (SSSR count). The van der Waals surface area contributed by atoms with E-state index in [1.165, 1.54) is 11.1 Å². The summed E-state index contributed by atoms with van der Waals surface area (Å²) in [6.45, 7) is 4.15. The van der Waals surface area contributed by atoms with Gasteiger partial charge in [0.15, 0.2) is 0 Å². The van der Waals surface area contributed by atoms with Gasteiger partial charge in [0.25, 0.3) is 11.8 Å². The highest BCUT2D eigenvalue weighted by atomic mass is 35.5. The fourth-order valence-corrected chi connectivity index (χ4v) is 4.02. The first-order valence-electron chi connectivity index (χ1n) is 10.2. The van der Waals surface area contributed by atoms with Crippen LogP contribution < -0.4 is 10.1 Å². The molecule has 2 aliphatic rings. The molecule has 0 saturated carbocycles. The summed E-state index contributed by atoms with van der Waals surface area (Å²) < 4.78 is 5.15. The summed E-state index contributed by atoms with van der Waals surface area (Å²) in [5.74, 6) is 0.785. The molecule has 6 nitrogen and oxygen atoms in total. The number of nitrogens with zero attached hydrogens (tertiary/aromatic N) is 2. The summed E-state index contributed by atoms with van der Waals surface area (Å²) in [5, 5.41) is 3.40. The minimum Gasteiger partial charge on any atom is -0.497 e. The molecule has 2 heterocycles. The maximum atomic E-state index is 13.0. The molecule has 2 aliphatic heterocycles. The van der Waals surface area contributed by atoms with E-state index >= 15 is 0 Å². The zero-order chi connectivity index (χ0) is 20.2. The van der Waals surface area contributed by atoms with Crippen molar-refractivity contribution in [3.8, 4) is 5.75 Å². The Bertz CT molecular complexity index is 893. The van der Waals surface area contributed by atoms with E-state index in [-0.39, 0.29) is 24.2 Å². The van der Waals surface area contributed by atoms with Crippen molar-refractivity contribution in [3.63, 3.8) is 0 Å². The molecule has 0 spiro atoms. The number of hydrogen-bond acceptors (Lipinski definition) is 4. The summed E-state index contributed by atoms with van der Waals surface area (Å²) in [4.78, 5) is 29.4. The Balaban J connectivity index is 0.00000256. The van der Waals surface area contributed by atoms with Gasteiger partial charge >= 0.3 is 0 Å². The van der Waals surface area contributed by atoms with E-state index in [2.05, 4.69) is 17.4 Å². The summed E-state index contributed by atoms with van der Waals surface area (Å²) in [6, 6.07) is 13.2. The van der Waals surface area contributed by atoms with E-state index < -0.39 is 0 Å². The van der Waals surface area contributed by atoms with Gasteiger partial charge in [0.05, 0.1) is 7.11 Å². The van der Waals surface area contributed by atoms with Crippen LogP contribution in [-0.4, -0.2) is 68.0 Å². The number of amides is 2. The lowest BCUT2D eigenvalue weighted by Gasteiger charge is -2.35. The molecular formula is C23H28ClN3O3. The van der Waals surface area contributed by atoms with Crippen molar-refractivity contribution in [2.45, 2.75) is 12.8 Å². The number of methoxy groups -OCH3 is 1. The average molecular weight is 430 g/mol. The van der Waals surface area contributed by atoms with Crippen LogP contribution in [0.3, 0.4) is 0 Å². The molecule has 2 aromatic rings. The second-order valence-corrected chi connectivity index (χ2v) is 7.55. The van der Waals surface area contributed by atoms with Crippen molar-refractivity contribution < 1.29 is 14.3 Å². The summed E-state index contributed by atoms with van der Waals surface area (Å²) in [7, 11) is 1.61. The topological polar surface area (TPSA) is 61.9 Å². The van der Waals surface area contributed by atoms with Gasteiger partial charge in [0.2, 0.25) is 0 Å².